The second-order valence-electron chi connectivity index (χ2n) is 5.45. The molecule has 0 saturated carbocycles. The van der Waals surface area contributed by atoms with Crippen molar-refractivity contribution in [2.45, 2.75) is 0 Å². The molecule has 0 bridgehead atoms. The number of piperazine rings is 1. The van der Waals surface area contributed by atoms with E-state index in [1.807, 2.05) is 36.4 Å². The van der Waals surface area contributed by atoms with Crippen LogP contribution in [0.5, 0.6) is 5.75 Å². The van der Waals surface area contributed by atoms with Gasteiger partial charge in [-0.15, -0.1) is 0 Å². The molecule has 3 rings (SSSR count). The number of carbonyl (C=O) groups excluding carboxylic acids is 1. The third kappa shape index (κ3) is 4.00. The maximum atomic E-state index is 13.3. The standard InChI is InChI=1S/C18H19FN2O2/c19-15-5-4-6-16(13-15)20-9-11-21(12-10-20)18(22)14-23-17-7-2-1-3-8-17/h1-8,13H,9-12,14H2. The number of para-hydroxylation sites is 1. The summed E-state index contributed by atoms with van der Waals surface area (Å²) in [5.41, 5.74) is 0.859. The van der Waals surface area contributed by atoms with Gasteiger partial charge in [0.15, 0.2) is 6.61 Å². The predicted molar refractivity (Wildman–Crippen MR) is 87.1 cm³/mol. The summed E-state index contributed by atoms with van der Waals surface area (Å²) in [7, 11) is 0. The smallest absolute Gasteiger partial charge is 0.260 e. The van der Waals surface area contributed by atoms with E-state index in [2.05, 4.69) is 4.90 Å². The molecule has 1 aliphatic rings. The Morgan fingerprint density at radius 2 is 1.74 bits per heavy atom. The number of anilines is 1. The molecule has 0 aromatic heterocycles. The zero-order chi connectivity index (χ0) is 16.1. The molecular formula is C18H19FN2O2. The molecule has 1 saturated heterocycles. The third-order valence-corrected chi connectivity index (χ3v) is 3.91. The highest BCUT2D eigenvalue weighted by molar-refractivity contribution is 5.78. The summed E-state index contributed by atoms with van der Waals surface area (Å²) in [4.78, 5) is 16.1. The summed E-state index contributed by atoms with van der Waals surface area (Å²) in [5.74, 6) is 0.434. The fourth-order valence-corrected chi connectivity index (χ4v) is 2.64. The Kier molecular flexibility index (Phi) is 4.76. The maximum absolute atomic E-state index is 13.3. The summed E-state index contributed by atoms with van der Waals surface area (Å²) in [5, 5.41) is 0. The van der Waals surface area contributed by atoms with E-state index in [0.29, 0.717) is 31.9 Å². The largest absolute Gasteiger partial charge is 0.484 e. The number of hydrogen-bond donors (Lipinski definition) is 0. The predicted octanol–water partition coefficient (Wildman–Crippen LogP) is 2.55. The van der Waals surface area contributed by atoms with Crippen molar-refractivity contribution in [3.05, 3.63) is 60.4 Å². The Balaban J connectivity index is 1.49. The minimum absolute atomic E-state index is 0.0206. The van der Waals surface area contributed by atoms with Crippen LogP contribution in [0.2, 0.25) is 0 Å². The number of hydrogen-bond acceptors (Lipinski definition) is 3. The SMILES string of the molecule is O=C(COc1ccccc1)N1CCN(c2cccc(F)c2)CC1. The van der Waals surface area contributed by atoms with Gasteiger partial charge < -0.3 is 14.5 Å². The van der Waals surface area contributed by atoms with Crippen LogP contribution in [0, 0.1) is 5.82 Å². The first-order valence-electron chi connectivity index (χ1n) is 7.68. The van der Waals surface area contributed by atoms with Gasteiger partial charge in [-0.25, -0.2) is 4.39 Å². The molecule has 120 valence electrons. The lowest BCUT2D eigenvalue weighted by molar-refractivity contribution is -0.133. The second kappa shape index (κ2) is 7.13. The average Bonchev–Trinajstić information content (AvgIpc) is 2.61. The van der Waals surface area contributed by atoms with Gasteiger partial charge in [0.05, 0.1) is 0 Å². The molecule has 23 heavy (non-hydrogen) atoms. The topological polar surface area (TPSA) is 32.8 Å². The normalized spacial score (nSPS) is 14.7. The van der Waals surface area contributed by atoms with Crippen molar-refractivity contribution in [2.75, 3.05) is 37.7 Å². The molecule has 4 nitrogen and oxygen atoms in total. The number of ether oxygens (including phenoxy) is 1. The van der Waals surface area contributed by atoms with Crippen LogP contribution in [0.25, 0.3) is 0 Å². The number of rotatable bonds is 4. The first kappa shape index (κ1) is 15.3. The van der Waals surface area contributed by atoms with Gasteiger partial charge in [0.1, 0.15) is 11.6 Å². The molecule has 1 fully saturated rings. The molecule has 1 amide bonds. The number of benzene rings is 2. The zero-order valence-corrected chi connectivity index (χ0v) is 12.8. The Labute approximate surface area is 135 Å². The highest BCUT2D eigenvalue weighted by Gasteiger charge is 2.21. The Morgan fingerprint density at radius 3 is 2.43 bits per heavy atom. The van der Waals surface area contributed by atoms with E-state index < -0.39 is 0 Å². The van der Waals surface area contributed by atoms with Crippen LogP contribution in [0.4, 0.5) is 10.1 Å². The molecule has 0 N–H and O–H groups in total. The van der Waals surface area contributed by atoms with Crippen molar-refractivity contribution in [1.29, 1.82) is 0 Å². The highest BCUT2D eigenvalue weighted by atomic mass is 19.1. The minimum atomic E-state index is -0.239. The van der Waals surface area contributed by atoms with E-state index >= 15 is 0 Å². The van der Waals surface area contributed by atoms with Crippen molar-refractivity contribution in [3.8, 4) is 5.75 Å². The van der Waals surface area contributed by atoms with Crippen LogP contribution in [-0.2, 0) is 4.79 Å². The molecule has 1 heterocycles. The first-order valence-corrected chi connectivity index (χ1v) is 7.68. The molecular weight excluding hydrogens is 295 g/mol. The van der Waals surface area contributed by atoms with Crippen molar-refractivity contribution < 1.29 is 13.9 Å². The minimum Gasteiger partial charge on any atom is -0.484 e. The second-order valence-corrected chi connectivity index (χ2v) is 5.45. The lowest BCUT2D eigenvalue weighted by Gasteiger charge is -2.36. The van der Waals surface area contributed by atoms with E-state index in [1.165, 1.54) is 12.1 Å². The first-order chi connectivity index (χ1) is 11.2. The van der Waals surface area contributed by atoms with Gasteiger partial charge in [-0.1, -0.05) is 24.3 Å². The molecule has 0 spiro atoms. The van der Waals surface area contributed by atoms with Crippen LogP contribution < -0.4 is 9.64 Å². The molecule has 0 radical (unpaired) electrons. The van der Waals surface area contributed by atoms with E-state index in [4.69, 9.17) is 4.74 Å². The summed E-state index contributed by atoms with van der Waals surface area (Å²) >= 11 is 0. The van der Waals surface area contributed by atoms with Gasteiger partial charge in [-0.3, -0.25) is 4.79 Å². The van der Waals surface area contributed by atoms with Gasteiger partial charge in [-0.05, 0) is 30.3 Å². The van der Waals surface area contributed by atoms with Gasteiger partial charge >= 0.3 is 0 Å². The summed E-state index contributed by atoms with van der Waals surface area (Å²) in [6.07, 6.45) is 0. The zero-order valence-electron chi connectivity index (χ0n) is 12.8. The van der Waals surface area contributed by atoms with E-state index in [1.54, 1.807) is 11.0 Å². The summed E-state index contributed by atoms with van der Waals surface area (Å²) in [6.45, 7) is 2.67. The van der Waals surface area contributed by atoms with Crippen LogP contribution in [0.3, 0.4) is 0 Å². The van der Waals surface area contributed by atoms with Crippen LogP contribution in [0.1, 0.15) is 0 Å². The van der Waals surface area contributed by atoms with Gasteiger partial charge in [0, 0.05) is 31.9 Å². The monoisotopic (exact) mass is 314 g/mol. The Hall–Kier alpha value is -2.56. The number of nitrogens with zero attached hydrogens (tertiary/aromatic N) is 2. The van der Waals surface area contributed by atoms with E-state index in [9.17, 15) is 9.18 Å². The molecule has 2 aromatic carbocycles. The number of carbonyl (C=O) groups is 1. The van der Waals surface area contributed by atoms with Crippen molar-refractivity contribution >= 4 is 11.6 Å². The van der Waals surface area contributed by atoms with Crippen LogP contribution >= 0.6 is 0 Å². The fraction of sp³-hybridized carbons (Fsp3) is 0.278. The highest BCUT2D eigenvalue weighted by Crippen LogP contribution is 2.17. The lowest BCUT2D eigenvalue weighted by atomic mass is 10.2. The van der Waals surface area contributed by atoms with Crippen molar-refractivity contribution in [1.82, 2.24) is 4.90 Å². The fourth-order valence-electron chi connectivity index (χ4n) is 2.64. The quantitative estimate of drug-likeness (QED) is 0.869. The van der Waals surface area contributed by atoms with Gasteiger partial charge in [-0.2, -0.15) is 0 Å². The third-order valence-electron chi connectivity index (χ3n) is 3.91. The Morgan fingerprint density at radius 1 is 1.00 bits per heavy atom. The molecule has 0 unspecified atom stereocenters. The van der Waals surface area contributed by atoms with Crippen molar-refractivity contribution in [3.63, 3.8) is 0 Å². The van der Waals surface area contributed by atoms with Gasteiger partial charge in [0.25, 0.3) is 5.91 Å². The van der Waals surface area contributed by atoms with Crippen LogP contribution in [-0.4, -0.2) is 43.6 Å². The maximum Gasteiger partial charge on any atom is 0.260 e. The number of halogens is 1. The molecule has 5 heteroatoms. The number of amides is 1. The molecule has 2 aromatic rings. The van der Waals surface area contributed by atoms with Crippen molar-refractivity contribution in [2.24, 2.45) is 0 Å². The summed E-state index contributed by atoms with van der Waals surface area (Å²) < 4.78 is 18.8. The Bertz CT molecular complexity index is 655. The molecule has 0 atom stereocenters. The van der Waals surface area contributed by atoms with Crippen LogP contribution in [0.15, 0.2) is 54.6 Å². The van der Waals surface area contributed by atoms with E-state index in [-0.39, 0.29) is 18.3 Å². The molecule has 0 aliphatic carbocycles. The molecule has 1 aliphatic heterocycles. The lowest BCUT2D eigenvalue weighted by Crippen LogP contribution is -2.50. The summed E-state index contributed by atoms with van der Waals surface area (Å²) in [6, 6.07) is 15.9. The van der Waals surface area contributed by atoms with E-state index in [0.717, 1.165) is 5.69 Å². The van der Waals surface area contributed by atoms with Gasteiger partial charge in [0.2, 0.25) is 0 Å². The average molecular weight is 314 g/mol.